The van der Waals surface area contributed by atoms with Gasteiger partial charge in [-0.3, -0.25) is 14.6 Å². The Kier molecular flexibility index (Phi) is 7.05. The molecule has 1 aliphatic rings. The molecule has 1 fully saturated rings. The number of anilines is 1. The molecule has 4 rings (SSSR count). The van der Waals surface area contributed by atoms with Gasteiger partial charge in [0, 0.05) is 31.1 Å². The first-order valence-electron chi connectivity index (χ1n) is 10.2. The number of aryl methyl sites for hydroxylation is 2. The van der Waals surface area contributed by atoms with E-state index in [1.54, 1.807) is 11.3 Å². The lowest BCUT2D eigenvalue weighted by Crippen LogP contribution is -2.39. The number of carbonyl (C=O) groups is 1. The third-order valence-electron chi connectivity index (χ3n) is 5.52. The van der Waals surface area contributed by atoms with Gasteiger partial charge in [0.15, 0.2) is 5.13 Å². The molecule has 2 aromatic heterocycles. The number of ether oxygens (including phenoxy) is 1. The Morgan fingerprint density at radius 2 is 2.00 bits per heavy atom. The molecular formula is C22H26ClN3O2S2. The highest BCUT2D eigenvalue weighted by Gasteiger charge is 2.22. The van der Waals surface area contributed by atoms with Crippen molar-refractivity contribution in [2.45, 2.75) is 26.7 Å². The fourth-order valence-electron chi connectivity index (χ4n) is 3.63. The number of aromatic nitrogens is 1. The first kappa shape index (κ1) is 21.7. The van der Waals surface area contributed by atoms with Crippen LogP contribution in [-0.2, 0) is 16.0 Å². The highest BCUT2D eigenvalue weighted by atomic mass is 35.5. The molecule has 5 nitrogen and oxygen atoms in total. The number of hydrogen-bond acceptors (Lipinski definition) is 6. The summed E-state index contributed by atoms with van der Waals surface area (Å²) in [4.78, 5) is 23.4. The van der Waals surface area contributed by atoms with Crippen LogP contribution in [0.2, 0.25) is 4.34 Å². The van der Waals surface area contributed by atoms with Gasteiger partial charge in [-0.1, -0.05) is 29.0 Å². The lowest BCUT2D eigenvalue weighted by Gasteiger charge is -2.27. The third-order valence-corrected chi connectivity index (χ3v) is 7.79. The standard InChI is InChI=1S/C22H26ClN3O2S2/c1-15-4-6-18-21(16(15)2)24-22(30-18)26(9-3-8-25-10-12-28-13-11-25)20(27)14-17-5-7-19(23)29-17/h4-7H,3,8-14H2,1-2H3. The number of thiazole rings is 1. The highest BCUT2D eigenvalue weighted by Crippen LogP contribution is 2.33. The van der Waals surface area contributed by atoms with Crippen LogP contribution in [0.4, 0.5) is 5.13 Å². The smallest absolute Gasteiger partial charge is 0.234 e. The molecule has 0 radical (unpaired) electrons. The van der Waals surface area contributed by atoms with E-state index in [9.17, 15) is 4.79 Å². The second-order valence-corrected chi connectivity index (χ2v) is 10.4. The van der Waals surface area contributed by atoms with Gasteiger partial charge in [0.2, 0.25) is 5.91 Å². The molecule has 3 heterocycles. The number of carbonyl (C=O) groups excluding carboxylic acids is 1. The summed E-state index contributed by atoms with van der Waals surface area (Å²) >= 11 is 9.12. The van der Waals surface area contributed by atoms with E-state index >= 15 is 0 Å². The minimum atomic E-state index is 0.0731. The summed E-state index contributed by atoms with van der Waals surface area (Å²) in [5.74, 6) is 0.0731. The molecule has 0 aliphatic carbocycles. The summed E-state index contributed by atoms with van der Waals surface area (Å²) in [5, 5.41) is 0.785. The maximum Gasteiger partial charge on any atom is 0.234 e. The normalized spacial score (nSPS) is 15.0. The monoisotopic (exact) mass is 463 g/mol. The zero-order chi connectivity index (χ0) is 21.1. The average molecular weight is 464 g/mol. The Hall–Kier alpha value is -1.51. The molecule has 8 heteroatoms. The van der Waals surface area contributed by atoms with Crippen LogP contribution in [0.1, 0.15) is 22.4 Å². The average Bonchev–Trinajstić information content (AvgIpc) is 3.35. The topological polar surface area (TPSA) is 45.7 Å². The first-order valence-corrected chi connectivity index (χ1v) is 12.2. The van der Waals surface area contributed by atoms with Gasteiger partial charge >= 0.3 is 0 Å². The quantitative estimate of drug-likeness (QED) is 0.498. The maximum atomic E-state index is 13.3. The first-order chi connectivity index (χ1) is 14.5. The number of nitrogens with zero attached hydrogens (tertiary/aromatic N) is 3. The number of halogens is 1. The van der Waals surface area contributed by atoms with Crippen LogP contribution in [0.3, 0.4) is 0 Å². The highest BCUT2D eigenvalue weighted by molar-refractivity contribution is 7.22. The van der Waals surface area contributed by atoms with Crippen LogP contribution in [0.25, 0.3) is 10.2 Å². The molecular weight excluding hydrogens is 438 g/mol. The summed E-state index contributed by atoms with van der Waals surface area (Å²) in [6, 6.07) is 8.01. The Labute approximate surface area is 190 Å². The molecule has 0 spiro atoms. The number of benzene rings is 1. The summed E-state index contributed by atoms with van der Waals surface area (Å²) in [6.45, 7) is 9.31. The van der Waals surface area contributed by atoms with Crippen molar-refractivity contribution in [1.29, 1.82) is 0 Å². The Morgan fingerprint density at radius 3 is 2.73 bits per heavy atom. The molecule has 1 saturated heterocycles. The molecule has 0 N–H and O–H groups in total. The van der Waals surface area contributed by atoms with Crippen LogP contribution in [-0.4, -0.2) is 55.2 Å². The molecule has 3 aromatic rings. The Balaban J connectivity index is 1.54. The number of rotatable bonds is 7. The molecule has 1 aliphatic heterocycles. The lowest BCUT2D eigenvalue weighted by atomic mass is 10.1. The summed E-state index contributed by atoms with van der Waals surface area (Å²) in [7, 11) is 0. The van der Waals surface area contributed by atoms with E-state index in [1.807, 2.05) is 17.0 Å². The fraction of sp³-hybridized carbons (Fsp3) is 0.455. The van der Waals surface area contributed by atoms with Gasteiger partial charge in [0.1, 0.15) is 0 Å². The molecule has 30 heavy (non-hydrogen) atoms. The van der Waals surface area contributed by atoms with Crippen LogP contribution in [0.15, 0.2) is 24.3 Å². The lowest BCUT2D eigenvalue weighted by molar-refractivity contribution is -0.118. The van der Waals surface area contributed by atoms with E-state index in [1.165, 1.54) is 22.5 Å². The number of thiophene rings is 1. The van der Waals surface area contributed by atoms with E-state index in [0.29, 0.717) is 17.3 Å². The van der Waals surface area contributed by atoms with E-state index in [-0.39, 0.29) is 5.91 Å². The summed E-state index contributed by atoms with van der Waals surface area (Å²) in [5.41, 5.74) is 3.40. The Bertz CT molecular complexity index is 1030. The predicted octanol–water partition coefficient (Wildman–Crippen LogP) is 4.93. The van der Waals surface area contributed by atoms with Crippen molar-refractivity contribution >= 4 is 55.5 Å². The van der Waals surface area contributed by atoms with Gasteiger partial charge in [0.05, 0.1) is 34.2 Å². The maximum absolute atomic E-state index is 13.3. The molecule has 0 atom stereocenters. The predicted molar refractivity (Wildman–Crippen MR) is 126 cm³/mol. The summed E-state index contributed by atoms with van der Waals surface area (Å²) in [6.07, 6.45) is 1.26. The fourth-order valence-corrected chi connectivity index (χ4v) is 5.77. The minimum Gasteiger partial charge on any atom is -0.379 e. The van der Waals surface area contributed by atoms with Crippen molar-refractivity contribution < 1.29 is 9.53 Å². The van der Waals surface area contributed by atoms with Crippen molar-refractivity contribution in [1.82, 2.24) is 9.88 Å². The molecule has 0 saturated carbocycles. The minimum absolute atomic E-state index is 0.0731. The van der Waals surface area contributed by atoms with Crippen LogP contribution in [0.5, 0.6) is 0 Å². The number of amides is 1. The molecule has 160 valence electrons. The number of hydrogen-bond donors (Lipinski definition) is 0. The largest absolute Gasteiger partial charge is 0.379 e. The van der Waals surface area contributed by atoms with Crippen molar-refractivity contribution in [2.75, 3.05) is 44.3 Å². The Morgan fingerprint density at radius 1 is 1.20 bits per heavy atom. The second kappa shape index (κ2) is 9.75. The van der Waals surface area contributed by atoms with E-state index < -0.39 is 0 Å². The van der Waals surface area contributed by atoms with Crippen LogP contribution >= 0.6 is 34.3 Å². The van der Waals surface area contributed by atoms with Crippen molar-refractivity contribution in [2.24, 2.45) is 0 Å². The van der Waals surface area contributed by atoms with Crippen molar-refractivity contribution in [3.05, 3.63) is 44.6 Å². The SMILES string of the molecule is Cc1ccc2sc(N(CCCN3CCOCC3)C(=O)Cc3ccc(Cl)s3)nc2c1C. The second-order valence-electron chi connectivity index (χ2n) is 7.59. The van der Waals surface area contributed by atoms with Crippen molar-refractivity contribution in [3.8, 4) is 0 Å². The van der Waals surface area contributed by atoms with Crippen LogP contribution < -0.4 is 4.90 Å². The summed E-state index contributed by atoms with van der Waals surface area (Å²) < 4.78 is 7.27. The van der Waals surface area contributed by atoms with Gasteiger partial charge in [-0.25, -0.2) is 4.98 Å². The van der Waals surface area contributed by atoms with Gasteiger partial charge in [-0.05, 0) is 49.6 Å². The van der Waals surface area contributed by atoms with E-state index in [4.69, 9.17) is 21.3 Å². The molecule has 1 aromatic carbocycles. The molecule has 0 unspecified atom stereocenters. The van der Waals surface area contributed by atoms with Gasteiger partial charge in [-0.2, -0.15) is 0 Å². The molecule has 0 bridgehead atoms. The number of morpholine rings is 1. The number of fused-ring (bicyclic) bond motifs is 1. The third kappa shape index (κ3) is 5.03. The zero-order valence-electron chi connectivity index (χ0n) is 17.3. The van der Waals surface area contributed by atoms with E-state index in [2.05, 4.69) is 30.9 Å². The van der Waals surface area contributed by atoms with Gasteiger partial charge < -0.3 is 4.74 Å². The van der Waals surface area contributed by atoms with Gasteiger partial charge in [-0.15, -0.1) is 11.3 Å². The van der Waals surface area contributed by atoms with Crippen molar-refractivity contribution in [3.63, 3.8) is 0 Å². The van der Waals surface area contributed by atoms with Crippen LogP contribution in [0, 0.1) is 13.8 Å². The zero-order valence-corrected chi connectivity index (χ0v) is 19.7. The van der Waals surface area contributed by atoms with Gasteiger partial charge in [0.25, 0.3) is 0 Å². The molecule has 1 amide bonds. The van der Waals surface area contributed by atoms with E-state index in [0.717, 1.165) is 59.5 Å².